The first-order chi connectivity index (χ1) is 14.2. The Balaban J connectivity index is 1.57. The Bertz CT molecular complexity index is 1080. The second kappa shape index (κ2) is 6.92. The second-order valence-corrected chi connectivity index (χ2v) is 7.81. The molecule has 1 heterocycles. The van der Waals surface area contributed by atoms with E-state index < -0.39 is 0 Å². The van der Waals surface area contributed by atoms with Crippen molar-refractivity contribution in [3.05, 3.63) is 83.1 Å². The Morgan fingerprint density at radius 2 is 1.93 bits per heavy atom. The predicted octanol–water partition coefficient (Wildman–Crippen LogP) is 4.32. The van der Waals surface area contributed by atoms with Gasteiger partial charge in [-0.25, -0.2) is 0 Å². The van der Waals surface area contributed by atoms with E-state index >= 15 is 0 Å². The summed E-state index contributed by atoms with van der Waals surface area (Å²) < 4.78 is 5.48. The maximum atomic E-state index is 12.2. The smallest absolute Gasteiger partial charge is 0.228 e. The number of amides is 1. The molecule has 1 unspecified atom stereocenters. The van der Waals surface area contributed by atoms with Crippen molar-refractivity contribution in [2.45, 2.75) is 24.7 Å². The largest absolute Gasteiger partial charge is 0.497 e. The summed E-state index contributed by atoms with van der Waals surface area (Å²) in [5, 5.41) is 10.6. The van der Waals surface area contributed by atoms with E-state index in [1.54, 1.807) is 7.11 Å². The summed E-state index contributed by atoms with van der Waals surface area (Å²) in [7, 11) is 1.69. The number of nitrogens with zero attached hydrogens (tertiary/aromatic N) is 1. The fourth-order valence-corrected chi connectivity index (χ4v) is 4.12. The van der Waals surface area contributed by atoms with Crippen LogP contribution in [0.15, 0.2) is 60.7 Å². The number of fused-ring (bicyclic) bond motifs is 1. The summed E-state index contributed by atoms with van der Waals surface area (Å²) in [6.45, 7) is 0. The fourth-order valence-electron chi connectivity index (χ4n) is 4.12. The van der Waals surface area contributed by atoms with Crippen LogP contribution >= 0.6 is 0 Å². The summed E-state index contributed by atoms with van der Waals surface area (Å²) in [6.07, 6.45) is 6.98. The van der Waals surface area contributed by atoms with Crippen LogP contribution in [0.2, 0.25) is 0 Å². The lowest BCUT2D eigenvalue weighted by Gasteiger charge is -2.34. The molecule has 29 heavy (non-hydrogen) atoms. The maximum Gasteiger partial charge on any atom is 0.228 e. The van der Waals surface area contributed by atoms with Gasteiger partial charge in [-0.3, -0.25) is 9.89 Å². The fraction of sp³-hybridized carbons (Fsp3) is 0.250. The number of aromatic amines is 1. The minimum atomic E-state index is -0.340. The van der Waals surface area contributed by atoms with E-state index in [1.807, 2.05) is 18.2 Å². The minimum Gasteiger partial charge on any atom is -0.497 e. The van der Waals surface area contributed by atoms with Gasteiger partial charge in [0.25, 0.3) is 0 Å². The molecule has 5 heteroatoms. The average Bonchev–Trinajstić information content (AvgIpc) is 3.56. The molecule has 3 aromatic rings. The molecule has 0 bridgehead atoms. The summed E-state index contributed by atoms with van der Waals surface area (Å²) in [5.74, 6) is 1.68. The van der Waals surface area contributed by atoms with Crippen molar-refractivity contribution < 1.29 is 9.53 Å². The molecule has 0 radical (unpaired) electrons. The molecule has 2 aliphatic rings. The van der Waals surface area contributed by atoms with Crippen LogP contribution in [-0.2, 0) is 16.6 Å². The van der Waals surface area contributed by atoms with Gasteiger partial charge in [-0.05, 0) is 36.1 Å². The predicted molar refractivity (Wildman–Crippen MR) is 113 cm³/mol. The van der Waals surface area contributed by atoms with Gasteiger partial charge in [-0.1, -0.05) is 54.6 Å². The van der Waals surface area contributed by atoms with Crippen molar-refractivity contribution in [1.29, 1.82) is 0 Å². The van der Waals surface area contributed by atoms with Gasteiger partial charge < -0.3 is 10.1 Å². The minimum absolute atomic E-state index is 0.0698. The van der Waals surface area contributed by atoms with E-state index in [9.17, 15) is 4.79 Å². The Morgan fingerprint density at radius 1 is 1.14 bits per heavy atom. The van der Waals surface area contributed by atoms with Crippen LogP contribution in [-0.4, -0.2) is 23.2 Å². The van der Waals surface area contributed by atoms with Crippen molar-refractivity contribution in [2.75, 3.05) is 12.4 Å². The van der Waals surface area contributed by atoms with Crippen LogP contribution in [0.3, 0.4) is 0 Å². The molecule has 5 rings (SSSR count). The number of ether oxygens (including phenoxy) is 1. The Morgan fingerprint density at radius 3 is 2.69 bits per heavy atom. The van der Waals surface area contributed by atoms with Crippen LogP contribution in [0.25, 0.3) is 6.08 Å². The molecule has 146 valence electrons. The molecule has 5 nitrogen and oxygen atoms in total. The topological polar surface area (TPSA) is 67.0 Å². The highest BCUT2D eigenvalue weighted by atomic mass is 16.5. The van der Waals surface area contributed by atoms with Gasteiger partial charge in [-0.2, -0.15) is 5.10 Å². The number of hydrogen-bond donors (Lipinski definition) is 2. The third-order valence-electron chi connectivity index (χ3n) is 5.94. The number of H-pyrrole nitrogens is 1. The van der Waals surface area contributed by atoms with Crippen LogP contribution in [0.4, 0.5) is 5.82 Å². The number of methoxy groups -OCH3 is 1. The molecule has 1 amide bonds. The highest BCUT2D eigenvalue weighted by Crippen LogP contribution is 2.43. The molecule has 1 aromatic heterocycles. The average molecular weight is 385 g/mol. The van der Waals surface area contributed by atoms with Crippen LogP contribution in [0.5, 0.6) is 5.75 Å². The van der Waals surface area contributed by atoms with E-state index in [4.69, 9.17) is 4.74 Å². The highest BCUT2D eigenvalue weighted by molar-refractivity contribution is 5.95. The molecule has 0 aliphatic heterocycles. The van der Waals surface area contributed by atoms with Crippen LogP contribution < -0.4 is 10.1 Å². The van der Waals surface area contributed by atoms with Crippen molar-refractivity contribution in [3.63, 3.8) is 0 Å². The zero-order valence-electron chi connectivity index (χ0n) is 16.3. The Kier molecular flexibility index (Phi) is 4.23. The lowest BCUT2D eigenvalue weighted by Crippen LogP contribution is -2.30. The van der Waals surface area contributed by atoms with Crippen LogP contribution in [0, 0.1) is 5.92 Å². The maximum absolute atomic E-state index is 12.2. The number of nitrogens with one attached hydrogen (secondary N) is 2. The third-order valence-corrected chi connectivity index (χ3v) is 5.94. The zero-order chi connectivity index (χ0) is 19.8. The van der Waals surface area contributed by atoms with E-state index in [0.717, 1.165) is 41.8 Å². The number of rotatable bonds is 5. The van der Waals surface area contributed by atoms with Crippen molar-refractivity contribution in [3.8, 4) is 5.75 Å². The molecule has 0 spiro atoms. The summed E-state index contributed by atoms with van der Waals surface area (Å²) in [5.41, 5.74) is 4.00. The number of allylic oxidation sites excluding steroid dienone is 1. The summed E-state index contributed by atoms with van der Waals surface area (Å²) >= 11 is 0. The van der Waals surface area contributed by atoms with E-state index in [1.165, 1.54) is 5.56 Å². The second-order valence-electron chi connectivity index (χ2n) is 7.81. The lowest BCUT2D eigenvalue weighted by atomic mass is 9.68. The third kappa shape index (κ3) is 3.12. The van der Waals surface area contributed by atoms with Gasteiger partial charge in [-0.15, -0.1) is 0 Å². The monoisotopic (exact) mass is 385 g/mol. The van der Waals surface area contributed by atoms with Gasteiger partial charge in [0.15, 0.2) is 5.82 Å². The Labute approximate surface area is 169 Å². The van der Waals surface area contributed by atoms with Gasteiger partial charge in [0, 0.05) is 29.0 Å². The van der Waals surface area contributed by atoms with E-state index in [-0.39, 0.29) is 17.2 Å². The standard InChI is InChI=1S/C24H23N3O2/c1-29-19-9-5-8-18(14-19)24(17-6-3-2-4-7-17)13-12-20-21(15-24)26-27-22(20)25-23(28)16-10-11-16/h2-9,12-14,16H,10-11,15H2,1H3,(H2,25,26,27,28). The first-order valence-electron chi connectivity index (χ1n) is 9.97. The number of carbonyl (C=O) groups excluding carboxylic acids is 1. The number of benzene rings is 2. The normalized spacial score (nSPS) is 20.2. The molecular formula is C24H23N3O2. The highest BCUT2D eigenvalue weighted by Gasteiger charge is 2.37. The first-order valence-corrected chi connectivity index (χ1v) is 9.97. The molecule has 0 saturated heterocycles. The molecule has 2 aromatic carbocycles. The zero-order valence-corrected chi connectivity index (χ0v) is 16.3. The number of aromatic nitrogens is 2. The number of carbonyl (C=O) groups is 1. The van der Waals surface area contributed by atoms with Crippen molar-refractivity contribution in [2.24, 2.45) is 5.92 Å². The van der Waals surface area contributed by atoms with Gasteiger partial charge in [0.05, 0.1) is 7.11 Å². The number of hydrogen-bond acceptors (Lipinski definition) is 3. The van der Waals surface area contributed by atoms with Crippen molar-refractivity contribution in [1.82, 2.24) is 10.2 Å². The van der Waals surface area contributed by atoms with Crippen LogP contribution in [0.1, 0.15) is 35.2 Å². The Hall–Kier alpha value is -3.34. The molecule has 1 saturated carbocycles. The van der Waals surface area contributed by atoms with E-state index in [0.29, 0.717) is 5.82 Å². The molecule has 1 fully saturated rings. The van der Waals surface area contributed by atoms with Gasteiger partial charge in [0.2, 0.25) is 5.91 Å². The first kappa shape index (κ1) is 17.7. The quantitative estimate of drug-likeness (QED) is 0.687. The summed E-state index contributed by atoms with van der Waals surface area (Å²) in [6, 6.07) is 18.7. The summed E-state index contributed by atoms with van der Waals surface area (Å²) in [4.78, 5) is 12.2. The van der Waals surface area contributed by atoms with Gasteiger partial charge in [0.1, 0.15) is 5.75 Å². The molecule has 2 N–H and O–H groups in total. The van der Waals surface area contributed by atoms with E-state index in [2.05, 4.69) is 64.1 Å². The number of anilines is 1. The van der Waals surface area contributed by atoms with Gasteiger partial charge >= 0.3 is 0 Å². The van der Waals surface area contributed by atoms with Crippen molar-refractivity contribution >= 4 is 17.8 Å². The molecule has 1 atom stereocenters. The molecule has 2 aliphatic carbocycles. The lowest BCUT2D eigenvalue weighted by molar-refractivity contribution is -0.117. The molecular weight excluding hydrogens is 362 g/mol. The SMILES string of the molecule is COc1cccc(C2(c3ccccc3)C=Cc3c(NC(=O)C4CC4)n[nH]c3C2)c1.